The van der Waals surface area contributed by atoms with Crippen LogP contribution in [-0.4, -0.2) is 54.9 Å². The first-order valence-corrected chi connectivity index (χ1v) is 15.6. The van der Waals surface area contributed by atoms with Crippen molar-refractivity contribution in [3.63, 3.8) is 0 Å². The minimum Gasteiger partial charge on any atom is -0.478 e. The third kappa shape index (κ3) is 6.45. The predicted octanol–water partition coefficient (Wildman–Crippen LogP) is 7.69. The highest BCUT2D eigenvalue weighted by molar-refractivity contribution is 5.95. The molecular weight excluding hydrogens is 522 g/mol. The number of aromatic nitrogens is 1. The summed E-state index contributed by atoms with van der Waals surface area (Å²) in [4.78, 5) is 19.2. The van der Waals surface area contributed by atoms with Crippen molar-refractivity contribution < 1.29 is 14.6 Å². The zero-order chi connectivity index (χ0) is 29.5. The fourth-order valence-electron chi connectivity index (χ4n) is 6.91. The highest BCUT2D eigenvalue weighted by Crippen LogP contribution is 2.39. The van der Waals surface area contributed by atoms with Gasteiger partial charge in [-0.2, -0.15) is 0 Å². The maximum absolute atomic E-state index is 11.9. The van der Waals surface area contributed by atoms with Gasteiger partial charge < -0.3 is 20.1 Å². The molecule has 1 fully saturated rings. The van der Waals surface area contributed by atoms with E-state index in [0.29, 0.717) is 11.5 Å². The Kier molecular flexibility index (Phi) is 9.76. The first-order chi connectivity index (χ1) is 20.5. The molecule has 5 rings (SSSR count). The van der Waals surface area contributed by atoms with Gasteiger partial charge in [-0.1, -0.05) is 63.1 Å². The van der Waals surface area contributed by atoms with E-state index < -0.39 is 5.97 Å². The molecule has 6 nitrogen and oxygen atoms in total. The Labute approximate surface area is 250 Å². The van der Waals surface area contributed by atoms with E-state index in [2.05, 4.69) is 66.5 Å². The summed E-state index contributed by atoms with van der Waals surface area (Å²) >= 11 is 0. The molecule has 222 valence electrons. The average molecular weight is 568 g/mol. The number of carbonyl (C=O) groups is 1. The van der Waals surface area contributed by atoms with Crippen LogP contribution in [0.5, 0.6) is 0 Å². The molecule has 0 radical (unpaired) electrons. The van der Waals surface area contributed by atoms with E-state index in [9.17, 15) is 9.90 Å². The van der Waals surface area contributed by atoms with Crippen LogP contribution in [0, 0.1) is 5.92 Å². The molecule has 0 bridgehead atoms. The first-order valence-electron chi connectivity index (χ1n) is 15.6. The summed E-state index contributed by atoms with van der Waals surface area (Å²) in [6, 6.07) is 18.3. The number of nitrogens with zero attached hydrogens (tertiary/aromatic N) is 2. The van der Waals surface area contributed by atoms with Crippen molar-refractivity contribution in [3.8, 4) is 22.4 Å². The number of rotatable bonds is 11. The lowest BCUT2D eigenvalue weighted by molar-refractivity contribution is -0.0809. The summed E-state index contributed by atoms with van der Waals surface area (Å²) < 4.78 is 6.23. The number of anilines is 1. The molecule has 2 aliphatic heterocycles. The van der Waals surface area contributed by atoms with Crippen LogP contribution in [-0.2, 0) is 4.74 Å². The van der Waals surface area contributed by atoms with Gasteiger partial charge in [0.1, 0.15) is 0 Å². The number of aromatic carboxylic acids is 1. The number of piperidine rings is 1. The van der Waals surface area contributed by atoms with Crippen molar-refractivity contribution in [2.24, 2.45) is 5.92 Å². The zero-order valence-corrected chi connectivity index (χ0v) is 25.4. The van der Waals surface area contributed by atoms with Gasteiger partial charge >= 0.3 is 5.97 Å². The Morgan fingerprint density at radius 3 is 2.26 bits per heavy atom. The van der Waals surface area contributed by atoms with Gasteiger partial charge in [0.2, 0.25) is 0 Å². The summed E-state index contributed by atoms with van der Waals surface area (Å²) in [6.45, 7) is 8.17. The number of methoxy groups -OCH3 is 1. The molecule has 0 spiro atoms. The highest BCUT2D eigenvalue weighted by atomic mass is 16.5. The van der Waals surface area contributed by atoms with Gasteiger partial charge in [0, 0.05) is 32.3 Å². The third-order valence-electron chi connectivity index (χ3n) is 9.32. The Morgan fingerprint density at radius 1 is 1.00 bits per heavy atom. The van der Waals surface area contributed by atoms with Crippen LogP contribution in [0.15, 0.2) is 66.9 Å². The molecular formula is C36H45N3O3. The standard InChI is InChI=1S/C36H45N3O3/c1-4-6-30(7-5-2)36(42-3)18-22-39(23-19-36)31-13-15-34(38-25-31)28-10-8-26(9-11-28)29-12-14-32(35(40)41)33(24-29)27-16-20-37-21-17-27/h8-16,24-25,30,37H,4-7,17-23H2,1-3H3,(H,40,41). The van der Waals surface area contributed by atoms with Gasteiger partial charge in [-0.15, -0.1) is 0 Å². The Bertz CT molecular complexity index is 1370. The molecule has 0 unspecified atom stereocenters. The van der Waals surface area contributed by atoms with Crippen LogP contribution in [0.2, 0.25) is 0 Å². The maximum atomic E-state index is 11.9. The number of benzene rings is 2. The molecule has 0 saturated carbocycles. The minimum absolute atomic E-state index is 0.00308. The molecule has 3 heterocycles. The number of ether oxygens (including phenoxy) is 1. The number of hydrogen-bond acceptors (Lipinski definition) is 5. The molecule has 1 aromatic heterocycles. The number of carboxylic acids is 1. The van der Waals surface area contributed by atoms with Crippen LogP contribution in [0.3, 0.4) is 0 Å². The van der Waals surface area contributed by atoms with Gasteiger partial charge in [0.05, 0.1) is 28.7 Å². The van der Waals surface area contributed by atoms with Crippen molar-refractivity contribution in [2.45, 2.75) is 64.4 Å². The normalized spacial score (nSPS) is 16.9. The molecule has 1 saturated heterocycles. The number of pyridine rings is 1. The monoisotopic (exact) mass is 567 g/mol. The second-order valence-electron chi connectivity index (χ2n) is 11.8. The topological polar surface area (TPSA) is 74.7 Å². The lowest BCUT2D eigenvalue weighted by atomic mass is 9.75. The zero-order valence-electron chi connectivity index (χ0n) is 25.4. The van der Waals surface area contributed by atoms with Gasteiger partial charge in [-0.3, -0.25) is 4.98 Å². The number of carboxylic acid groups (broad SMARTS) is 1. The molecule has 0 amide bonds. The summed E-state index contributed by atoms with van der Waals surface area (Å²) in [6.07, 6.45) is 11.9. The van der Waals surface area contributed by atoms with Crippen molar-refractivity contribution in [3.05, 3.63) is 78.0 Å². The third-order valence-corrected chi connectivity index (χ3v) is 9.32. The van der Waals surface area contributed by atoms with E-state index in [0.717, 1.165) is 79.0 Å². The molecule has 0 aliphatic carbocycles. The van der Waals surface area contributed by atoms with E-state index in [1.807, 2.05) is 25.4 Å². The Hall–Kier alpha value is -3.48. The van der Waals surface area contributed by atoms with E-state index in [4.69, 9.17) is 9.72 Å². The predicted molar refractivity (Wildman–Crippen MR) is 172 cm³/mol. The number of hydrogen-bond donors (Lipinski definition) is 2. The van der Waals surface area contributed by atoms with Gasteiger partial charge in [0.15, 0.2) is 0 Å². The largest absolute Gasteiger partial charge is 0.478 e. The van der Waals surface area contributed by atoms with Crippen LogP contribution in [0.1, 0.15) is 74.7 Å². The summed E-state index contributed by atoms with van der Waals surface area (Å²) in [5.41, 5.74) is 7.51. The van der Waals surface area contributed by atoms with E-state index in [1.54, 1.807) is 6.07 Å². The van der Waals surface area contributed by atoms with Gasteiger partial charge in [-0.25, -0.2) is 4.79 Å². The Morgan fingerprint density at radius 2 is 1.69 bits per heavy atom. The van der Waals surface area contributed by atoms with Crippen LogP contribution in [0.4, 0.5) is 5.69 Å². The summed E-state index contributed by atoms with van der Waals surface area (Å²) in [7, 11) is 1.91. The second-order valence-corrected chi connectivity index (χ2v) is 11.8. The molecule has 0 atom stereocenters. The smallest absolute Gasteiger partial charge is 0.336 e. The molecule has 3 aromatic rings. The van der Waals surface area contributed by atoms with Crippen molar-refractivity contribution in [2.75, 3.05) is 38.2 Å². The van der Waals surface area contributed by atoms with Crippen molar-refractivity contribution in [1.82, 2.24) is 10.3 Å². The highest BCUT2D eigenvalue weighted by Gasteiger charge is 2.40. The lowest BCUT2D eigenvalue weighted by Crippen LogP contribution is -2.50. The van der Waals surface area contributed by atoms with Crippen LogP contribution >= 0.6 is 0 Å². The quantitative estimate of drug-likeness (QED) is 0.247. The summed E-state index contributed by atoms with van der Waals surface area (Å²) in [5.74, 6) is -0.257. The molecule has 2 N–H and O–H groups in total. The summed E-state index contributed by atoms with van der Waals surface area (Å²) in [5, 5.41) is 13.1. The van der Waals surface area contributed by atoms with Gasteiger partial charge in [-0.05, 0) is 91.1 Å². The van der Waals surface area contributed by atoms with Crippen LogP contribution in [0.25, 0.3) is 28.0 Å². The van der Waals surface area contributed by atoms with Crippen molar-refractivity contribution >= 4 is 17.2 Å². The molecule has 2 aromatic carbocycles. The fourth-order valence-corrected chi connectivity index (χ4v) is 6.91. The van der Waals surface area contributed by atoms with Crippen molar-refractivity contribution in [1.29, 1.82) is 0 Å². The fraction of sp³-hybridized carbons (Fsp3) is 0.444. The average Bonchev–Trinajstić information content (AvgIpc) is 3.05. The van der Waals surface area contributed by atoms with E-state index in [1.165, 1.54) is 31.4 Å². The molecule has 2 aliphatic rings. The molecule has 6 heteroatoms. The first kappa shape index (κ1) is 30.0. The van der Waals surface area contributed by atoms with E-state index >= 15 is 0 Å². The second kappa shape index (κ2) is 13.7. The maximum Gasteiger partial charge on any atom is 0.336 e. The lowest BCUT2D eigenvalue weighted by Gasteiger charge is -2.46. The Balaban J connectivity index is 1.28. The molecule has 42 heavy (non-hydrogen) atoms. The van der Waals surface area contributed by atoms with E-state index in [-0.39, 0.29) is 5.60 Å². The minimum atomic E-state index is -0.888. The van der Waals surface area contributed by atoms with Crippen LogP contribution < -0.4 is 10.2 Å². The van der Waals surface area contributed by atoms with Gasteiger partial charge in [0.25, 0.3) is 0 Å². The SMILES string of the molecule is CCCC(CCC)C1(OC)CCN(c2ccc(-c3ccc(-c4ccc(C(=O)O)c(C5=CCNCC5)c4)cc3)nc2)CC1. The number of nitrogens with one attached hydrogen (secondary N) is 1.